The summed E-state index contributed by atoms with van der Waals surface area (Å²) in [6, 6.07) is -3.39. The standard InChI is InChI=1S/C41H67N5O7S/c1-8-23-42-35(49)32(47)30(24-27-15-16-27)43-34(48)31-28-17-22-39(5,6)29(28)25-46(31)36(50)33(40(7)18-11-9-12-19-40)44-37(51)45-41(20-13-10-14-21-41)26-54(52,53)38(2,3)4/h8,27-31,33H,1,9-26H2,2-7H3,(H,42,49)(H,43,48)(H2,44,45,51)/t28-,29-,30?,31-,33+/m0/s1. The van der Waals surface area contributed by atoms with Crippen LogP contribution in [-0.4, -0.2) is 90.1 Å². The van der Waals surface area contributed by atoms with Gasteiger partial charge < -0.3 is 26.2 Å². The van der Waals surface area contributed by atoms with E-state index in [0.29, 0.717) is 38.6 Å². The molecule has 0 bridgehead atoms. The van der Waals surface area contributed by atoms with Crippen LogP contribution in [0.3, 0.4) is 0 Å². The fourth-order valence-corrected chi connectivity index (χ4v) is 11.4. The third-order valence-corrected chi connectivity index (χ3v) is 16.5. The number of nitrogens with one attached hydrogen (secondary N) is 4. The minimum Gasteiger partial charge on any atom is -0.346 e. The number of sulfone groups is 1. The number of carbonyl (C=O) groups excluding carboxylic acids is 5. The molecule has 5 rings (SSSR count). The molecule has 4 aliphatic carbocycles. The van der Waals surface area contributed by atoms with Crippen LogP contribution >= 0.6 is 0 Å². The lowest BCUT2D eigenvalue weighted by Gasteiger charge is -2.44. The number of hydrogen-bond donors (Lipinski definition) is 4. The Morgan fingerprint density at radius 1 is 0.870 bits per heavy atom. The van der Waals surface area contributed by atoms with Gasteiger partial charge in [0.25, 0.3) is 5.91 Å². The number of urea groups is 1. The molecule has 1 saturated heterocycles. The van der Waals surface area contributed by atoms with E-state index in [1.165, 1.54) is 6.08 Å². The summed E-state index contributed by atoms with van der Waals surface area (Å²) in [5.41, 5.74) is -1.67. The van der Waals surface area contributed by atoms with Gasteiger partial charge >= 0.3 is 6.03 Å². The van der Waals surface area contributed by atoms with E-state index in [1.807, 2.05) is 6.92 Å². The highest BCUT2D eigenvalue weighted by Crippen LogP contribution is 2.53. The summed E-state index contributed by atoms with van der Waals surface area (Å²) in [5.74, 6) is -2.27. The van der Waals surface area contributed by atoms with Gasteiger partial charge in [-0.2, -0.15) is 0 Å². The summed E-state index contributed by atoms with van der Waals surface area (Å²) in [4.78, 5) is 71.7. The molecular formula is C41H67N5O7S. The molecule has 5 fully saturated rings. The molecule has 4 N–H and O–H groups in total. The average molecular weight is 774 g/mol. The van der Waals surface area contributed by atoms with E-state index >= 15 is 4.79 Å². The van der Waals surface area contributed by atoms with Crippen molar-refractivity contribution in [2.75, 3.05) is 18.8 Å². The van der Waals surface area contributed by atoms with Gasteiger partial charge in [-0.1, -0.05) is 78.2 Å². The second kappa shape index (κ2) is 16.3. The van der Waals surface area contributed by atoms with E-state index < -0.39 is 67.3 Å². The maximum absolute atomic E-state index is 15.2. The zero-order valence-corrected chi connectivity index (χ0v) is 34.5. The van der Waals surface area contributed by atoms with Crippen molar-refractivity contribution in [3.63, 3.8) is 0 Å². The van der Waals surface area contributed by atoms with Gasteiger partial charge in [-0.3, -0.25) is 19.2 Å². The third-order valence-electron chi connectivity index (χ3n) is 13.7. The molecule has 4 saturated carbocycles. The predicted molar refractivity (Wildman–Crippen MR) is 209 cm³/mol. The van der Waals surface area contributed by atoms with Crippen molar-refractivity contribution in [3.05, 3.63) is 12.7 Å². The van der Waals surface area contributed by atoms with Crippen molar-refractivity contribution in [2.45, 2.75) is 166 Å². The highest BCUT2D eigenvalue weighted by atomic mass is 32.2. The van der Waals surface area contributed by atoms with E-state index in [0.717, 1.165) is 64.2 Å². The lowest BCUT2D eigenvalue weighted by atomic mass is 9.70. The number of nitrogens with zero attached hydrogens (tertiary/aromatic N) is 1. The Morgan fingerprint density at radius 2 is 1.48 bits per heavy atom. The Bertz CT molecular complexity index is 1550. The molecule has 5 amide bonds. The first-order valence-electron chi connectivity index (χ1n) is 20.6. The first-order chi connectivity index (χ1) is 25.2. The molecule has 12 nitrogen and oxygen atoms in total. The van der Waals surface area contributed by atoms with Crippen LogP contribution in [0.2, 0.25) is 0 Å². The summed E-state index contributed by atoms with van der Waals surface area (Å²) in [5, 5.41) is 11.7. The molecule has 1 heterocycles. The summed E-state index contributed by atoms with van der Waals surface area (Å²) < 4.78 is 26.0. The molecule has 304 valence electrons. The first-order valence-corrected chi connectivity index (χ1v) is 22.2. The van der Waals surface area contributed by atoms with Gasteiger partial charge in [-0.25, -0.2) is 13.2 Å². The van der Waals surface area contributed by atoms with Crippen LogP contribution < -0.4 is 21.3 Å². The number of ketones is 1. The van der Waals surface area contributed by atoms with Crippen molar-refractivity contribution in [1.29, 1.82) is 0 Å². The number of Topliss-reactive ketones (excluding diaryl/α,β-unsaturated/α-hetero) is 1. The lowest BCUT2D eigenvalue weighted by molar-refractivity contribution is -0.145. The molecule has 54 heavy (non-hydrogen) atoms. The van der Waals surface area contributed by atoms with Crippen LogP contribution in [0.25, 0.3) is 0 Å². The van der Waals surface area contributed by atoms with Crippen molar-refractivity contribution >= 4 is 39.4 Å². The minimum absolute atomic E-state index is 0.0347. The highest BCUT2D eigenvalue weighted by molar-refractivity contribution is 7.92. The number of likely N-dealkylation sites (tertiary alicyclic amines) is 1. The molecule has 0 aromatic heterocycles. The largest absolute Gasteiger partial charge is 0.346 e. The predicted octanol–water partition coefficient (Wildman–Crippen LogP) is 4.96. The van der Waals surface area contributed by atoms with Crippen molar-refractivity contribution in [1.82, 2.24) is 26.2 Å². The quantitative estimate of drug-likeness (QED) is 0.143. The van der Waals surface area contributed by atoms with E-state index in [2.05, 4.69) is 41.7 Å². The van der Waals surface area contributed by atoms with Gasteiger partial charge in [0, 0.05) is 13.1 Å². The molecule has 0 aromatic carbocycles. The number of carbonyl (C=O) groups is 5. The van der Waals surface area contributed by atoms with Gasteiger partial charge in [0.1, 0.15) is 12.1 Å². The minimum atomic E-state index is -3.57. The van der Waals surface area contributed by atoms with Crippen molar-refractivity contribution in [2.24, 2.45) is 28.6 Å². The molecule has 0 aromatic rings. The molecule has 0 spiro atoms. The van der Waals surface area contributed by atoms with Crippen LogP contribution in [0.4, 0.5) is 4.79 Å². The van der Waals surface area contributed by atoms with E-state index in [-0.39, 0.29) is 41.4 Å². The van der Waals surface area contributed by atoms with Crippen molar-refractivity contribution < 1.29 is 32.4 Å². The Hall–Kier alpha value is -2.96. The summed E-state index contributed by atoms with van der Waals surface area (Å²) in [6.07, 6.45) is 13.2. The molecule has 1 aliphatic heterocycles. The van der Waals surface area contributed by atoms with E-state index in [1.54, 1.807) is 25.7 Å². The average Bonchev–Trinajstić information content (AvgIpc) is 3.75. The normalized spacial score (nSPS) is 27.1. The number of hydrogen-bond acceptors (Lipinski definition) is 7. The second-order valence-electron chi connectivity index (χ2n) is 19.3. The fourth-order valence-electron chi connectivity index (χ4n) is 9.84. The second-order valence-corrected chi connectivity index (χ2v) is 22.0. The maximum atomic E-state index is 15.2. The summed E-state index contributed by atoms with van der Waals surface area (Å²) in [6.45, 7) is 15.5. The first kappa shape index (κ1) is 42.2. The summed E-state index contributed by atoms with van der Waals surface area (Å²) >= 11 is 0. The number of fused-ring (bicyclic) bond motifs is 1. The number of rotatable bonds is 14. The van der Waals surface area contributed by atoms with Crippen LogP contribution in [0.15, 0.2) is 12.7 Å². The SMILES string of the molecule is C=CCNC(=O)C(=O)C(CC1CC1)NC(=O)[C@@H]1[C@H]2CCC(C)(C)[C@H]2CN1C(=O)[C@@H](NC(=O)NC1(CS(=O)(=O)C(C)(C)C)CCCCC1)C1(C)CCCCC1. The van der Waals surface area contributed by atoms with Crippen LogP contribution in [0.5, 0.6) is 0 Å². The monoisotopic (exact) mass is 773 g/mol. The lowest BCUT2D eigenvalue weighted by Crippen LogP contribution is -2.64. The van der Waals surface area contributed by atoms with Gasteiger partial charge in [0.2, 0.25) is 17.6 Å². The maximum Gasteiger partial charge on any atom is 0.315 e. The molecule has 5 aliphatic rings. The zero-order valence-electron chi connectivity index (χ0n) is 33.7. The van der Waals surface area contributed by atoms with Gasteiger partial charge in [0.15, 0.2) is 9.84 Å². The van der Waals surface area contributed by atoms with Gasteiger partial charge in [-0.15, -0.1) is 6.58 Å². The molecule has 0 radical (unpaired) electrons. The fraction of sp³-hybridized carbons (Fsp3) is 0.829. The van der Waals surface area contributed by atoms with Crippen molar-refractivity contribution in [3.8, 4) is 0 Å². The molecular weight excluding hydrogens is 707 g/mol. The smallest absolute Gasteiger partial charge is 0.315 e. The van der Waals surface area contributed by atoms with Gasteiger partial charge in [0.05, 0.1) is 22.1 Å². The molecule has 13 heteroatoms. The zero-order chi connectivity index (χ0) is 39.7. The third kappa shape index (κ3) is 9.35. The van der Waals surface area contributed by atoms with Crippen LogP contribution in [0, 0.1) is 28.6 Å². The Labute approximate surface area is 323 Å². The Kier molecular flexibility index (Phi) is 12.7. The van der Waals surface area contributed by atoms with E-state index in [9.17, 15) is 27.6 Å². The topological polar surface area (TPSA) is 171 Å². The Morgan fingerprint density at radius 3 is 2.06 bits per heavy atom. The summed E-state index contributed by atoms with van der Waals surface area (Å²) in [7, 11) is -3.57. The van der Waals surface area contributed by atoms with Crippen LogP contribution in [-0.2, 0) is 29.0 Å². The molecule has 1 unspecified atom stereocenters. The van der Waals surface area contributed by atoms with E-state index in [4.69, 9.17) is 0 Å². The number of amides is 5. The molecule has 5 atom stereocenters. The van der Waals surface area contributed by atoms with Gasteiger partial charge in [-0.05, 0) is 94.3 Å². The Balaban J connectivity index is 1.44. The highest BCUT2D eigenvalue weighted by Gasteiger charge is 2.58. The van der Waals surface area contributed by atoms with Crippen LogP contribution in [0.1, 0.15) is 138 Å².